The van der Waals surface area contributed by atoms with Crippen molar-refractivity contribution in [1.29, 1.82) is 0 Å². The van der Waals surface area contributed by atoms with Gasteiger partial charge in [0.2, 0.25) is 5.91 Å². The summed E-state index contributed by atoms with van der Waals surface area (Å²) in [6.45, 7) is 0. The molecule has 2 aromatic heterocycles. The third-order valence-corrected chi connectivity index (χ3v) is 8.02. The van der Waals surface area contributed by atoms with Crippen LogP contribution in [0.3, 0.4) is 0 Å². The molecule has 1 atom stereocenters. The summed E-state index contributed by atoms with van der Waals surface area (Å²) in [7, 11) is 1.57. The summed E-state index contributed by atoms with van der Waals surface area (Å²) < 4.78 is 5.44. The third-order valence-electron chi connectivity index (χ3n) is 6.96. The van der Waals surface area contributed by atoms with Gasteiger partial charge >= 0.3 is 5.97 Å². The van der Waals surface area contributed by atoms with Crippen molar-refractivity contribution in [2.45, 2.75) is 30.2 Å². The second-order valence-corrected chi connectivity index (χ2v) is 10.2. The summed E-state index contributed by atoms with van der Waals surface area (Å²) in [6, 6.07) is 9.89. The van der Waals surface area contributed by atoms with E-state index in [1.54, 1.807) is 30.3 Å². The van der Waals surface area contributed by atoms with Crippen LogP contribution in [-0.2, 0) is 17.6 Å². The number of hydrogen-bond donors (Lipinski definition) is 3. The number of anilines is 2. The maximum Gasteiger partial charge on any atom is 0.336 e. The molecule has 38 heavy (non-hydrogen) atoms. The summed E-state index contributed by atoms with van der Waals surface area (Å²) in [5.41, 5.74) is 3.58. The molecule has 0 fully saturated rings. The molecule has 192 valence electrons. The smallest absolute Gasteiger partial charge is 0.336 e. The number of carboxylic acid groups (broad SMARTS) is 1. The number of pyridine rings is 1. The predicted octanol–water partition coefficient (Wildman–Crippen LogP) is 3.91. The molecular formula is C27H23N5O5S. The van der Waals surface area contributed by atoms with Gasteiger partial charge < -0.3 is 20.1 Å². The van der Waals surface area contributed by atoms with Crippen LogP contribution in [-0.4, -0.2) is 57.0 Å². The Morgan fingerprint density at radius 1 is 1.18 bits per heavy atom. The molecule has 3 N–H and O–H groups in total. The molecule has 2 aromatic carbocycles. The van der Waals surface area contributed by atoms with E-state index in [2.05, 4.69) is 20.5 Å². The topological polar surface area (TPSA) is 138 Å². The van der Waals surface area contributed by atoms with E-state index in [1.807, 2.05) is 18.3 Å². The Hall–Kier alpha value is -4.38. The lowest BCUT2D eigenvalue weighted by molar-refractivity contribution is -0.113. The average Bonchev–Trinajstić information content (AvgIpc) is 3.40. The Labute approximate surface area is 221 Å². The normalized spacial score (nSPS) is 16.3. The number of aromatic nitrogens is 3. The number of aromatic carboxylic acids is 1. The lowest BCUT2D eigenvalue weighted by Gasteiger charge is -2.35. The van der Waals surface area contributed by atoms with Crippen molar-refractivity contribution in [3.8, 4) is 5.75 Å². The molecule has 11 heteroatoms. The van der Waals surface area contributed by atoms with Gasteiger partial charge in [-0.3, -0.25) is 19.7 Å². The van der Waals surface area contributed by atoms with Gasteiger partial charge in [0.1, 0.15) is 5.75 Å². The Kier molecular flexibility index (Phi) is 5.99. The van der Waals surface area contributed by atoms with Crippen molar-refractivity contribution in [2.24, 2.45) is 0 Å². The highest BCUT2D eigenvalue weighted by Crippen LogP contribution is 2.38. The molecule has 0 saturated heterocycles. The van der Waals surface area contributed by atoms with Gasteiger partial charge in [-0.1, -0.05) is 0 Å². The number of benzene rings is 2. The Morgan fingerprint density at radius 3 is 2.87 bits per heavy atom. The minimum Gasteiger partial charge on any atom is -0.497 e. The zero-order valence-electron chi connectivity index (χ0n) is 20.4. The van der Waals surface area contributed by atoms with E-state index in [9.17, 15) is 19.5 Å². The summed E-state index contributed by atoms with van der Waals surface area (Å²) in [5.74, 6) is -1.09. The first-order valence-corrected chi connectivity index (χ1v) is 13.0. The molecule has 0 spiro atoms. The van der Waals surface area contributed by atoms with E-state index < -0.39 is 11.9 Å². The number of nitrogens with one attached hydrogen (secondary N) is 2. The number of carbonyl (C=O) groups is 3. The molecular weight excluding hydrogens is 506 g/mol. The molecule has 10 nitrogen and oxygen atoms in total. The van der Waals surface area contributed by atoms with Gasteiger partial charge in [0.15, 0.2) is 0 Å². The number of rotatable bonds is 5. The summed E-state index contributed by atoms with van der Waals surface area (Å²) in [5, 5.41) is 20.8. The number of amides is 2. The van der Waals surface area contributed by atoms with Crippen LogP contribution in [0.4, 0.5) is 11.4 Å². The molecule has 0 radical (unpaired) electrons. The first-order valence-electron chi connectivity index (χ1n) is 12.0. The fourth-order valence-electron chi connectivity index (χ4n) is 5.15. The number of carboxylic acids is 1. The molecule has 4 aromatic rings. The number of carbonyl (C=O) groups excluding carboxylic acids is 2. The van der Waals surface area contributed by atoms with Crippen molar-refractivity contribution >= 4 is 51.8 Å². The Balaban J connectivity index is 1.54. The fourth-order valence-corrected chi connectivity index (χ4v) is 5.97. The van der Waals surface area contributed by atoms with Crippen LogP contribution < -0.4 is 15.0 Å². The lowest BCUT2D eigenvalue weighted by Crippen LogP contribution is -2.44. The summed E-state index contributed by atoms with van der Waals surface area (Å²) in [6.07, 6.45) is 5.33. The van der Waals surface area contributed by atoms with Crippen LogP contribution in [0, 0.1) is 0 Å². The highest BCUT2D eigenvalue weighted by molar-refractivity contribution is 8.00. The van der Waals surface area contributed by atoms with E-state index in [4.69, 9.17) is 4.74 Å². The Morgan fingerprint density at radius 2 is 2.05 bits per heavy atom. The number of ether oxygens (including phenoxy) is 1. The zero-order valence-corrected chi connectivity index (χ0v) is 21.2. The number of H-pyrrole nitrogens is 1. The minimum absolute atomic E-state index is 0.00454. The molecule has 3 heterocycles. The number of aryl methyl sites for hydroxylation is 1. The van der Waals surface area contributed by atoms with Crippen molar-refractivity contribution in [3.05, 3.63) is 71.2 Å². The van der Waals surface area contributed by atoms with Crippen LogP contribution >= 0.6 is 11.8 Å². The summed E-state index contributed by atoms with van der Waals surface area (Å²) >= 11 is 1.25. The highest BCUT2D eigenvalue weighted by atomic mass is 32.2. The van der Waals surface area contributed by atoms with Gasteiger partial charge in [0.05, 0.1) is 46.6 Å². The highest BCUT2D eigenvalue weighted by Gasteiger charge is 2.34. The molecule has 1 aliphatic carbocycles. The van der Waals surface area contributed by atoms with Gasteiger partial charge in [-0.25, -0.2) is 4.79 Å². The number of nitrogens with zero attached hydrogens (tertiary/aromatic N) is 3. The lowest BCUT2D eigenvalue weighted by atomic mass is 9.91. The molecule has 2 amide bonds. The zero-order chi connectivity index (χ0) is 26.4. The molecule has 6 rings (SSSR count). The van der Waals surface area contributed by atoms with Crippen LogP contribution in [0.5, 0.6) is 5.75 Å². The van der Waals surface area contributed by atoms with Gasteiger partial charge in [-0.2, -0.15) is 5.10 Å². The second kappa shape index (κ2) is 9.49. The molecule has 1 aliphatic heterocycles. The van der Waals surface area contributed by atoms with Crippen LogP contribution in [0.25, 0.3) is 10.9 Å². The minimum atomic E-state index is -1.21. The maximum atomic E-state index is 14.5. The number of thioether (sulfide) groups is 1. The van der Waals surface area contributed by atoms with E-state index >= 15 is 0 Å². The summed E-state index contributed by atoms with van der Waals surface area (Å²) in [4.78, 5) is 45.6. The van der Waals surface area contributed by atoms with Crippen molar-refractivity contribution in [2.75, 3.05) is 23.1 Å². The first kappa shape index (κ1) is 24.0. The van der Waals surface area contributed by atoms with E-state index in [0.717, 1.165) is 11.3 Å². The van der Waals surface area contributed by atoms with Gasteiger partial charge in [-0.05, 0) is 61.2 Å². The number of hydrogen-bond acceptors (Lipinski definition) is 7. The van der Waals surface area contributed by atoms with E-state index in [1.165, 1.54) is 23.9 Å². The van der Waals surface area contributed by atoms with Crippen LogP contribution in [0.1, 0.15) is 38.4 Å². The number of methoxy groups -OCH3 is 1. The monoisotopic (exact) mass is 529 g/mol. The molecule has 0 saturated carbocycles. The SMILES string of the molecule is COc1ccc2nccc(N(C(=O)c3cc4c(cc3C(=O)O)SCC(=O)N4)C3CCc4n[nH]cc4C3)c2c1. The number of fused-ring (bicyclic) bond motifs is 3. The van der Waals surface area contributed by atoms with Crippen molar-refractivity contribution in [3.63, 3.8) is 0 Å². The number of aromatic amines is 1. The van der Waals surface area contributed by atoms with Gasteiger partial charge in [0.25, 0.3) is 5.91 Å². The van der Waals surface area contributed by atoms with Crippen molar-refractivity contribution < 1.29 is 24.2 Å². The largest absolute Gasteiger partial charge is 0.497 e. The molecule has 2 aliphatic rings. The standard InChI is InChI=1S/C27H23N5O5S/c1-37-16-3-5-21-19(9-16)23(6-7-28-21)32(15-2-4-20-14(8-15)12-29-31-20)26(34)17-10-22-24(11-18(17)27(35)36)38-13-25(33)30-22/h3,5-7,9-12,15H,2,4,8,13H2,1H3,(H,29,31)(H,30,33)(H,35,36). The first-order chi connectivity index (χ1) is 18.4. The third kappa shape index (κ3) is 4.14. The average molecular weight is 530 g/mol. The van der Waals surface area contributed by atoms with E-state index in [0.29, 0.717) is 52.2 Å². The van der Waals surface area contributed by atoms with Crippen molar-refractivity contribution in [1.82, 2.24) is 15.2 Å². The van der Waals surface area contributed by atoms with E-state index in [-0.39, 0.29) is 28.8 Å². The van der Waals surface area contributed by atoms with Gasteiger partial charge in [-0.15, -0.1) is 11.8 Å². The van der Waals surface area contributed by atoms with Crippen LogP contribution in [0.2, 0.25) is 0 Å². The second-order valence-electron chi connectivity index (χ2n) is 9.18. The molecule has 1 unspecified atom stereocenters. The van der Waals surface area contributed by atoms with Crippen LogP contribution in [0.15, 0.2) is 53.7 Å². The maximum absolute atomic E-state index is 14.5. The Bertz CT molecular complexity index is 1620. The quantitative estimate of drug-likeness (QED) is 0.354. The molecule has 0 bridgehead atoms. The predicted molar refractivity (Wildman–Crippen MR) is 142 cm³/mol. The fraction of sp³-hybridized carbons (Fsp3) is 0.222. The van der Waals surface area contributed by atoms with Gasteiger partial charge in [0, 0.05) is 28.7 Å².